The van der Waals surface area contributed by atoms with E-state index < -0.39 is 0 Å². The summed E-state index contributed by atoms with van der Waals surface area (Å²) in [6.07, 6.45) is 1.78. The van der Waals surface area contributed by atoms with Crippen molar-refractivity contribution in [2.24, 2.45) is 0 Å². The second-order valence-electron chi connectivity index (χ2n) is 8.45. The maximum Gasteiger partial charge on any atom is 0.174 e. The van der Waals surface area contributed by atoms with Gasteiger partial charge in [-0.3, -0.25) is 4.98 Å². The van der Waals surface area contributed by atoms with Gasteiger partial charge < -0.3 is 14.8 Å². The molecule has 0 amide bonds. The van der Waals surface area contributed by atoms with Gasteiger partial charge in [-0.15, -0.1) is 0 Å². The van der Waals surface area contributed by atoms with Crippen LogP contribution in [0.15, 0.2) is 79.0 Å². The van der Waals surface area contributed by atoms with Crippen molar-refractivity contribution in [2.75, 3.05) is 4.90 Å². The maximum atomic E-state index is 15.0. The number of pyridine rings is 1. The van der Waals surface area contributed by atoms with Crippen molar-refractivity contribution in [3.05, 3.63) is 113 Å². The van der Waals surface area contributed by atoms with Gasteiger partial charge in [-0.2, -0.15) is 0 Å². The Morgan fingerprint density at radius 3 is 2.36 bits per heavy atom. The molecule has 1 saturated heterocycles. The molecule has 0 spiro atoms. The molecule has 2 aromatic heterocycles. The fourth-order valence-electron chi connectivity index (χ4n) is 4.76. The van der Waals surface area contributed by atoms with E-state index in [9.17, 15) is 4.39 Å². The first kappa shape index (κ1) is 21.3. The highest BCUT2D eigenvalue weighted by molar-refractivity contribution is 7.80. The van der Waals surface area contributed by atoms with E-state index in [-0.39, 0.29) is 17.9 Å². The fraction of sp³-hybridized carbons (Fsp3) is 0.185. The molecule has 4 aromatic rings. The van der Waals surface area contributed by atoms with Crippen LogP contribution in [-0.2, 0) is 0 Å². The lowest BCUT2D eigenvalue weighted by molar-refractivity contribution is 0.556. The molecule has 0 bridgehead atoms. The van der Waals surface area contributed by atoms with Gasteiger partial charge in [-0.05, 0) is 81.0 Å². The lowest BCUT2D eigenvalue weighted by Gasteiger charge is -2.28. The van der Waals surface area contributed by atoms with Crippen LogP contribution in [0.4, 0.5) is 10.1 Å². The molecular weight excluding hydrogens is 431 g/mol. The first-order valence-corrected chi connectivity index (χ1v) is 11.4. The minimum Gasteiger partial charge on any atom is -0.351 e. The van der Waals surface area contributed by atoms with Gasteiger partial charge in [0.05, 0.1) is 23.5 Å². The van der Waals surface area contributed by atoms with E-state index >= 15 is 0 Å². The molecule has 1 aliphatic rings. The molecule has 0 aliphatic carbocycles. The number of benzene rings is 2. The van der Waals surface area contributed by atoms with Crippen LogP contribution in [0.25, 0.3) is 5.69 Å². The van der Waals surface area contributed by atoms with Crippen molar-refractivity contribution in [3.8, 4) is 5.69 Å². The highest BCUT2D eigenvalue weighted by atomic mass is 32.1. The fourth-order valence-corrected chi connectivity index (χ4v) is 5.09. The zero-order valence-corrected chi connectivity index (χ0v) is 19.6. The predicted octanol–water partition coefficient (Wildman–Crippen LogP) is 6.11. The smallest absolute Gasteiger partial charge is 0.174 e. The quantitative estimate of drug-likeness (QED) is 0.376. The van der Waals surface area contributed by atoms with Crippen LogP contribution in [0.5, 0.6) is 0 Å². The molecule has 33 heavy (non-hydrogen) atoms. The summed E-state index contributed by atoms with van der Waals surface area (Å²) < 4.78 is 17.2. The topological polar surface area (TPSA) is 33.1 Å². The van der Waals surface area contributed by atoms with Gasteiger partial charge in [0.2, 0.25) is 0 Å². The van der Waals surface area contributed by atoms with Crippen molar-refractivity contribution in [3.63, 3.8) is 0 Å². The minimum absolute atomic E-state index is 0.217. The van der Waals surface area contributed by atoms with E-state index in [1.807, 2.05) is 29.2 Å². The number of hydrogen-bond acceptors (Lipinski definition) is 2. The summed E-state index contributed by atoms with van der Waals surface area (Å²) in [5.41, 5.74) is 6.92. The average Bonchev–Trinajstić information content (AvgIpc) is 3.31. The van der Waals surface area contributed by atoms with Gasteiger partial charge in [0.1, 0.15) is 5.82 Å². The molecule has 1 aliphatic heterocycles. The van der Waals surface area contributed by atoms with Crippen LogP contribution in [0.2, 0.25) is 0 Å². The molecule has 0 radical (unpaired) electrons. The van der Waals surface area contributed by atoms with Crippen molar-refractivity contribution < 1.29 is 4.39 Å². The van der Waals surface area contributed by atoms with Crippen molar-refractivity contribution >= 4 is 23.0 Å². The number of aromatic nitrogens is 2. The zero-order valence-electron chi connectivity index (χ0n) is 18.8. The molecule has 1 fully saturated rings. The Hall–Kier alpha value is -3.51. The third-order valence-corrected chi connectivity index (χ3v) is 6.61. The zero-order chi connectivity index (χ0) is 23.1. The van der Waals surface area contributed by atoms with E-state index in [0.717, 1.165) is 28.3 Å². The lowest BCUT2D eigenvalue weighted by atomic mass is 9.96. The van der Waals surface area contributed by atoms with E-state index in [1.165, 1.54) is 11.6 Å². The van der Waals surface area contributed by atoms with Crippen LogP contribution in [-0.4, -0.2) is 14.7 Å². The molecular formula is C27H25FN4S. The van der Waals surface area contributed by atoms with Gasteiger partial charge in [0.15, 0.2) is 5.11 Å². The first-order chi connectivity index (χ1) is 16.0. The van der Waals surface area contributed by atoms with Gasteiger partial charge in [0, 0.05) is 23.3 Å². The highest BCUT2D eigenvalue weighted by Gasteiger charge is 2.43. The van der Waals surface area contributed by atoms with E-state index in [0.29, 0.717) is 10.8 Å². The van der Waals surface area contributed by atoms with Gasteiger partial charge in [-0.25, -0.2) is 4.39 Å². The average molecular weight is 457 g/mol. The Kier molecular flexibility index (Phi) is 5.46. The van der Waals surface area contributed by atoms with Crippen LogP contribution in [0.3, 0.4) is 0 Å². The molecule has 0 unspecified atom stereocenters. The number of anilines is 1. The second kappa shape index (κ2) is 8.45. The number of nitrogens with one attached hydrogen (secondary N) is 1. The molecule has 4 nitrogen and oxygen atoms in total. The summed E-state index contributed by atoms with van der Waals surface area (Å²) in [6, 6.07) is 22.8. The Morgan fingerprint density at radius 1 is 0.939 bits per heavy atom. The normalized spacial score (nSPS) is 17.9. The second-order valence-corrected chi connectivity index (χ2v) is 8.83. The highest BCUT2D eigenvalue weighted by Crippen LogP contribution is 2.44. The summed E-state index contributed by atoms with van der Waals surface area (Å²) >= 11 is 5.74. The van der Waals surface area contributed by atoms with E-state index in [2.05, 4.69) is 66.0 Å². The van der Waals surface area contributed by atoms with E-state index in [1.54, 1.807) is 18.3 Å². The number of aryl methyl sites for hydroxylation is 2. The van der Waals surface area contributed by atoms with Crippen molar-refractivity contribution in [2.45, 2.75) is 32.9 Å². The molecule has 2 atom stereocenters. The summed E-state index contributed by atoms with van der Waals surface area (Å²) in [5, 5.41) is 3.90. The predicted molar refractivity (Wildman–Crippen MR) is 134 cm³/mol. The summed E-state index contributed by atoms with van der Waals surface area (Å²) in [4.78, 5) is 6.49. The number of thiocarbonyl (C=S) groups is 1. The Labute approximate surface area is 198 Å². The van der Waals surface area contributed by atoms with Crippen LogP contribution in [0.1, 0.15) is 40.3 Å². The summed E-state index contributed by atoms with van der Waals surface area (Å²) in [6.45, 7) is 6.29. The molecule has 2 aromatic carbocycles. The molecule has 1 N–H and O–H groups in total. The van der Waals surface area contributed by atoms with Gasteiger partial charge >= 0.3 is 0 Å². The molecule has 0 saturated carbocycles. The van der Waals surface area contributed by atoms with Gasteiger partial charge in [-0.1, -0.05) is 35.9 Å². The monoisotopic (exact) mass is 456 g/mol. The molecule has 3 heterocycles. The lowest BCUT2D eigenvalue weighted by Crippen LogP contribution is -2.30. The third-order valence-electron chi connectivity index (χ3n) is 6.29. The SMILES string of the molecule is Cc1ccc(-n2c(C)cc([C@@H]3[C@@H](c4ccccn4)NC(=S)N3c3ccccc3F)c2C)cc1. The summed E-state index contributed by atoms with van der Waals surface area (Å²) in [5.74, 6) is -0.305. The third kappa shape index (κ3) is 3.70. The minimum atomic E-state index is -0.305. The van der Waals surface area contributed by atoms with Crippen LogP contribution >= 0.6 is 12.2 Å². The largest absolute Gasteiger partial charge is 0.351 e. The standard InChI is InChI=1S/C27H25FN4S/c1-17-11-13-20(14-12-17)31-18(2)16-21(19(31)3)26-25(23-9-6-7-15-29-23)30-27(33)32(26)24-10-5-4-8-22(24)28/h4-16,25-26H,1-3H3,(H,30,33)/t25-,26-/m1/s1. The van der Waals surface area contributed by atoms with Crippen LogP contribution < -0.4 is 10.2 Å². The Morgan fingerprint density at radius 2 is 1.67 bits per heavy atom. The number of hydrogen-bond donors (Lipinski definition) is 1. The summed E-state index contributed by atoms with van der Waals surface area (Å²) in [7, 11) is 0. The number of nitrogens with zero attached hydrogens (tertiary/aromatic N) is 3. The Balaban J connectivity index is 1.69. The first-order valence-electron chi connectivity index (χ1n) is 11.0. The molecule has 6 heteroatoms. The number of para-hydroxylation sites is 1. The van der Waals surface area contributed by atoms with Gasteiger partial charge in [0.25, 0.3) is 0 Å². The maximum absolute atomic E-state index is 15.0. The van der Waals surface area contributed by atoms with Crippen molar-refractivity contribution in [1.29, 1.82) is 0 Å². The number of halogens is 1. The van der Waals surface area contributed by atoms with Crippen molar-refractivity contribution in [1.82, 2.24) is 14.9 Å². The Bertz CT molecular complexity index is 1310. The molecule has 166 valence electrons. The van der Waals surface area contributed by atoms with E-state index in [4.69, 9.17) is 12.2 Å². The number of rotatable bonds is 4. The molecule has 5 rings (SSSR count). The van der Waals surface area contributed by atoms with Crippen LogP contribution in [0, 0.1) is 26.6 Å².